The van der Waals surface area contributed by atoms with E-state index in [9.17, 15) is 8.78 Å². The van der Waals surface area contributed by atoms with Gasteiger partial charge < -0.3 is 14.7 Å². The Hall–Kier alpha value is -2.79. The highest BCUT2D eigenvalue weighted by molar-refractivity contribution is 6.45. The van der Waals surface area contributed by atoms with Crippen molar-refractivity contribution in [1.29, 1.82) is 0 Å². The Kier molecular flexibility index (Phi) is 2.83. The lowest BCUT2D eigenvalue weighted by Gasteiger charge is -2.06. The number of benzene rings is 3. The fraction of sp³-hybridized carbons (Fsp3) is 0.0526. The van der Waals surface area contributed by atoms with E-state index >= 15 is 0 Å². The predicted octanol–water partition coefficient (Wildman–Crippen LogP) is 5.90. The number of aromatic nitrogens is 2. The summed E-state index contributed by atoms with van der Waals surface area (Å²) in [6.07, 6.45) is 0. The van der Waals surface area contributed by atoms with Crippen molar-refractivity contribution in [3.8, 4) is 5.75 Å². The fourth-order valence-electron chi connectivity index (χ4n) is 3.58. The predicted molar refractivity (Wildman–Crippen MR) is 96.6 cm³/mol. The molecule has 0 saturated heterocycles. The van der Waals surface area contributed by atoms with E-state index in [1.165, 1.54) is 24.3 Å². The molecule has 5 rings (SSSR count). The molecule has 5 aromatic rings. The van der Waals surface area contributed by atoms with Crippen molar-refractivity contribution in [3.05, 3.63) is 53.1 Å². The number of hydrogen-bond donors (Lipinski definition) is 2. The average Bonchev–Trinajstić information content (AvgIpc) is 3.13. The molecule has 0 saturated carbocycles. The first-order valence-corrected chi connectivity index (χ1v) is 8.03. The van der Waals surface area contributed by atoms with Crippen molar-refractivity contribution in [3.63, 3.8) is 0 Å². The van der Waals surface area contributed by atoms with Crippen LogP contribution < -0.4 is 4.74 Å². The van der Waals surface area contributed by atoms with E-state index in [0.29, 0.717) is 43.4 Å². The molecule has 2 aromatic heterocycles. The van der Waals surface area contributed by atoms with E-state index < -0.39 is 0 Å². The third-order valence-corrected chi connectivity index (χ3v) is 5.00. The van der Waals surface area contributed by atoms with Crippen LogP contribution in [0.2, 0.25) is 5.02 Å². The van der Waals surface area contributed by atoms with Gasteiger partial charge in [0.25, 0.3) is 0 Å². The van der Waals surface area contributed by atoms with Gasteiger partial charge in [-0.05, 0) is 36.4 Å². The molecule has 0 amide bonds. The Morgan fingerprint density at radius 1 is 0.840 bits per heavy atom. The summed E-state index contributed by atoms with van der Waals surface area (Å²) >= 11 is 6.71. The molecule has 25 heavy (non-hydrogen) atoms. The van der Waals surface area contributed by atoms with Gasteiger partial charge in [-0.2, -0.15) is 0 Å². The summed E-state index contributed by atoms with van der Waals surface area (Å²) in [4.78, 5) is 6.49. The number of aromatic amines is 2. The molecule has 2 N–H and O–H groups in total. The van der Waals surface area contributed by atoms with Crippen LogP contribution >= 0.6 is 11.6 Å². The van der Waals surface area contributed by atoms with Crippen molar-refractivity contribution in [1.82, 2.24) is 9.97 Å². The second-order valence-corrected chi connectivity index (χ2v) is 6.36. The Balaban J connectivity index is 2.12. The van der Waals surface area contributed by atoms with Crippen molar-refractivity contribution < 1.29 is 13.5 Å². The maximum atomic E-state index is 13.8. The number of methoxy groups -OCH3 is 1. The van der Waals surface area contributed by atoms with E-state index in [4.69, 9.17) is 16.3 Å². The molecule has 3 aromatic carbocycles. The molecule has 0 radical (unpaired) electrons. The van der Waals surface area contributed by atoms with Gasteiger partial charge in [0, 0.05) is 32.6 Å². The lowest BCUT2D eigenvalue weighted by Crippen LogP contribution is -1.87. The van der Waals surface area contributed by atoms with E-state index in [1.54, 1.807) is 19.2 Å². The van der Waals surface area contributed by atoms with Crippen LogP contribution in [-0.4, -0.2) is 17.1 Å². The summed E-state index contributed by atoms with van der Waals surface area (Å²) in [6, 6.07) is 8.95. The molecule has 6 heteroatoms. The van der Waals surface area contributed by atoms with Crippen molar-refractivity contribution in [2.75, 3.05) is 7.11 Å². The molecule has 0 unspecified atom stereocenters. The van der Waals surface area contributed by atoms with Crippen LogP contribution in [0.5, 0.6) is 5.75 Å². The summed E-state index contributed by atoms with van der Waals surface area (Å²) in [6.45, 7) is 0. The van der Waals surface area contributed by atoms with E-state index in [1.807, 2.05) is 0 Å². The van der Waals surface area contributed by atoms with Gasteiger partial charge in [-0.15, -0.1) is 0 Å². The first kappa shape index (κ1) is 14.5. The normalized spacial score (nSPS) is 12.0. The topological polar surface area (TPSA) is 40.8 Å². The second kappa shape index (κ2) is 4.86. The van der Waals surface area contributed by atoms with Gasteiger partial charge in [0.1, 0.15) is 11.6 Å². The lowest BCUT2D eigenvalue weighted by molar-refractivity contribution is 0.423. The van der Waals surface area contributed by atoms with Crippen LogP contribution in [0.1, 0.15) is 0 Å². The zero-order valence-electron chi connectivity index (χ0n) is 13.0. The zero-order valence-corrected chi connectivity index (χ0v) is 13.8. The van der Waals surface area contributed by atoms with Gasteiger partial charge in [-0.3, -0.25) is 0 Å². The summed E-state index contributed by atoms with van der Waals surface area (Å²) in [5, 5.41) is 3.06. The lowest BCUT2D eigenvalue weighted by atomic mass is 10.1. The highest BCUT2D eigenvalue weighted by atomic mass is 35.5. The minimum atomic E-state index is -0.353. The second-order valence-electron chi connectivity index (χ2n) is 5.98. The molecular weight excluding hydrogens is 346 g/mol. The standard InChI is InChI=1S/C19H11ClF2N2O/c1-25-19-17-14(10-6-8(21)2-4-12(10)23-17)16(20)15-11-7-9(22)3-5-13(11)24-18(15)19/h2-7,23-24H,1H3. The Morgan fingerprint density at radius 2 is 1.32 bits per heavy atom. The van der Waals surface area contributed by atoms with E-state index in [0.717, 1.165) is 11.0 Å². The summed E-state index contributed by atoms with van der Waals surface area (Å²) in [5.74, 6) is -0.149. The smallest absolute Gasteiger partial charge is 0.167 e. The number of nitrogens with one attached hydrogen (secondary N) is 2. The molecule has 0 aliphatic rings. The molecule has 0 atom stereocenters. The third-order valence-electron chi connectivity index (χ3n) is 4.62. The fourth-order valence-corrected chi connectivity index (χ4v) is 3.97. The van der Waals surface area contributed by atoms with Gasteiger partial charge in [0.15, 0.2) is 5.75 Å². The largest absolute Gasteiger partial charge is 0.492 e. The van der Waals surface area contributed by atoms with E-state index in [2.05, 4.69) is 9.97 Å². The van der Waals surface area contributed by atoms with Crippen molar-refractivity contribution >= 4 is 55.2 Å². The van der Waals surface area contributed by atoms with Crippen LogP contribution in [0, 0.1) is 11.6 Å². The highest BCUT2D eigenvalue weighted by Gasteiger charge is 2.21. The van der Waals surface area contributed by atoms with Gasteiger partial charge in [-0.25, -0.2) is 8.78 Å². The van der Waals surface area contributed by atoms with Crippen LogP contribution in [0.3, 0.4) is 0 Å². The summed E-state index contributed by atoms with van der Waals surface area (Å²) in [7, 11) is 1.56. The number of ether oxygens (including phenoxy) is 1. The average molecular weight is 357 g/mol. The molecule has 0 bridgehead atoms. The molecular formula is C19H11ClF2N2O. The maximum absolute atomic E-state index is 13.8. The van der Waals surface area contributed by atoms with Gasteiger partial charge >= 0.3 is 0 Å². The molecule has 3 nitrogen and oxygen atoms in total. The van der Waals surface area contributed by atoms with Crippen molar-refractivity contribution in [2.24, 2.45) is 0 Å². The number of H-pyrrole nitrogens is 2. The molecule has 2 heterocycles. The molecule has 0 aliphatic carbocycles. The Labute approximate surface area is 145 Å². The van der Waals surface area contributed by atoms with Crippen LogP contribution in [0.4, 0.5) is 8.78 Å². The number of hydrogen-bond acceptors (Lipinski definition) is 1. The van der Waals surface area contributed by atoms with Crippen LogP contribution in [-0.2, 0) is 0 Å². The number of fused-ring (bicyclic) bond motifs is 6. The molecule has 0 spiro atoms. The monoisotopic (exact) mass is 356 g/mol. The van der Waals surface area contributed by atoms with Gasteiger partial charge in [0.05, 0.1) is 23.2 Å². The number of rotatable bonds is 1. The Morgan fingerprint density at radius 3 is 1.76 bits per heavy atom. The number of halogens is 3. The minimum Gasteiger partial charge on any atom is -0.492 e. The van der Waals surface area contributed by atoms with E-state index in [-0.39, 0.29) is 11.6 Å². The Bertz CT molecular complexity index is 1220. The first-order chi connectivity index (χ1) is 12.1. The maximum Gasteiger partial charge on any atom is 0.167 e. The highest BCUT2D eigenvalue weighted by Crippen LogP contribution is 2.46. The quantitative estimate of drug-likeness (QED) is 0.386. The van der Waals surface area contributed by atoms with Gasteiger partial charge in [0.2, 0.25) is 0 Å². The zero-order chi connectivity index (χ0) is 17.3. The summed E-state index contributed by atoms with van der Waals surface area (Å²) < 4.78 is 33.2. The minimum absolute atomic E-state index is 0.353. The molecule has 124 valence electrons. The SMILES string of the molecule is COc1c2[nH]c3ccc(F)cc3c2c(Cl)c2c1[nH]c1ccc(F)cc12. The van der Waals surface area contributed by atoms with Crippen LogP contribution in [0.15, 0.2) is 36.4 Å². The summed E-state index contributed by atoms with van der Waals surface area (Å²) in [5.41, 5.74) is 2.85. The van der Waals surface area contributed by atoms with Crippen molar-refractivity contribution in [2.45, 2.75) is 0 Å². The van der Waals surface area contributed by atoms with Crippen LogP contribution in [0.25, 0.3) is 43.6 Å². The first-order valence-electron chi connectivity index (χ1n) is 7.66. The molecule has 0 aliphatic heterocycles. The van der Waals surface area contributed by atoms with Gasteiger partial charge in [-0.1, -0.05) is 11.6 Å². The third kappa shape index (κ3) is 1.84. The molecule has 0 fully saturated rings.